The van der Waals surface area contributed by atoms with Gasteiger partial charge in [0.25, 0.3) is 5.92 Å². The summed E-state index contributed by atoms with van der Waals surface area (Å²) in [6, 6.07) is 9.68. The maximum absolute atomic E-state index is 14.5. The summed E-state index contributed by atoms with van der Waals surface area (Å²) in [6.07, 6.45) is 2.98. The van der Waals surface area contributed by atoms with Crippen molar-refractivity contribution in [1.82, 2.24) is 0 Å². The molecule has 0 saturated heterocycles. The molecule has 4 nitrogen and oxygen atoms in total. The molecule has 0 spiro atoms. The lowest BCUT2D eigenvalue weighted by molar-refractivity contribution is -0.137. The number of fused-ring (bicyclic) bond motifs is 1. The molecule has 1 aromatic carbocycles. The van der Waals surface area contributed by atoms with E-state index in [4.69, 9.17) is 5.11 Å². The van der Waals surface area contributed by atoms with Crippen molar-refractivity contribution >= 4 is 27.4 Å². The van der Waals surface area contributed by atoms with E-state index in [1.54, 1.807) is 12.2 Å². The first-order valence-corrected chi connectivity index (χ1v) is 11.2. The number of benzene rings is 1. The molecule has 2 aromatic rings. The lowest BCUT2D eigenvalue weighted by Crippen LogP contribution is -2.26. The Morgan fingerprint density at radius 2 is 2.07 bits per heavy atom. The van der Waals surface area contributed by atoms with Gasteiger partial charge >= 0.3 is 5.97 Å². The summed E-state index contributed by atoms with van der Waals surface area (Å²) in [5.41, 5.74) is 0. The molecule has 1 heterocycles. The fourth-order valence-corrected chi connectivity index (χ4v) is 5.38. The zero-order chi connectivity index (χ0) is 21.7. The number of aliphatic hydroxyl groups is 2. The number of halogens is 2. The quantitative estimate of drug-likeness (QED) is 0.336. The monoisotopic (exact) mass is 438 g/mol. The lowest BCUT2D eigenvalue weighted by atomic mass is 9.85. The van der Waals surface area contributed by atoms with Crippen molar-refractivity contribution in [1.29, 1.82) is 0 Å². The predicted molar refractivity (Wildman–Crippen MR) is 114 cm³/mol. The molecular formula is C23H28F2O4S. The second-order valence-corrected chi connectivity index (χ2v) is 9.19. The van der Waals surface area contributed by atoms with E-state index in [1.165, 1.54) is 11.3 Å². The van der Waals surface area contributed by atoms with Crippen LogP contribution in [0.25, 0.3) is 10.1 Å². The van der Waals surface area contributed by atoms with E-state index in [-0.39, 0.29) is 19.3 Å². The third-order valence-electron chi connectivity index (χ3n) is 5.90. The maximum atomic E-state index is 14.5. The van der Waals surface area contributed by atoms with Crippen molar-refractivity contribution in [2.24, 2.45) is 11.8 Å². The first-order valence-electron chi connectivity index (χ1n) is 10.4. The van der Waals surface area contributed by atoms with Gasteiger partial charge in [-0.25, -0.2) is 8.78 Å². The molecule has 164 valence electrons. The second kappa shape index (κ2) is 9.98. The molecule has 1 aromatic heterocycles. The van der Waals surface area contributed by atoms with E-state index in [9.17, 15) is 23.8 Å². The zero-order valence-electron chi connectivity index (χ0n) is 16.7. The van der Waals surface area contributed by atoms with Crippen LogP contribution in [-0.2, 0) is 4.79 Å². The number of thiophene rings is 1. The normalized spacial score (nSPS) is 24.6. The van der Waals surface area contributed by atoms with E-state index in [2.05, 4.69) is 0 Å². The van der Waals surface area contributed by atoms with Gasteiger partial charge in [-0.15, -0.1) is 11.3 Å². The van der Waals surface area contributed by atoms with E-state index in [0.29, 0.717) is 19.3 Å². The third kappa shape index (κ3) is 5.65. The number of allylic oxidation sites excluding steroid dienone is 2. The molecule has 1 fully saturated rings. The Balaban J connectivity index is 1.58. The van der Waals surface area contributed by atoms with Gasteiger partial charge in [0.2, 0.25) is 0 Å². The standard InChI is InChI=1S/C23H28F2O4S/c24-23(25)14-19(27)16(8-3-1-2-4-10-22(28)29)17(23)11-12-18(26)21-13-15-7-5-6-9-20(15)30-21/h1,3,5-7,9,13,16-19,26-27H,2,4,8,10-12,14H2,(H,28,29)/b3-1-/t16-,17-,18-,19+/m1/s1. The molecule has 0 bridgehead atoms. The zero-order valence-corrected chi connectivity index (χ0v) is 17.5. The summed E-state index contributed by atoms with van der Waals surface area (Å²) < 4.78 is 30.1. The molecule has 0 amide bonds. The van der Waals surface area contributed by atoms with Crippen LogP contribution in [0.1, 0.15) is 55.9 Å². The van der Waals surface area contributed by atoms with Crippen molar-refractivity contribution in [2.75, 3.05) is 0 Å². The van der Waals surface area contributed by atoms with E-state index >= 15 is 0 Å². The van der Waals surface area contributed by atoms with Crippen LogP contribution in [0.4, 0.5) is 8.78 Å². The topological polar surface area (TPSA) is 77.8 Å². The minimum absolute atomic E-state index is 0.0761. The number of carboxylic acid groups (broad SMARTS) is 1. The Kier molecular flexibility index (Phi) is 7.60. The minimum Gasteiger partial charge on any atom is -0.481 e. The molecule has 3 rings (SSSR count). The minimum atomic E-state index is -2.96. The van der Waals surface area contributed by atoms with Gasteiger partial charge in [-0.2, -0.15) is 0 Å². The highest BCUT2D eigenvalue weighted by Gasteiger charge is 2.53. The van der Waals surface area contributed by atoms with Crippen molar-refractivity contribution < 1.29 is 28.9 Å². The first kappa shape index (κ1) is 22.8. The molecule has 1 saturated carbocycles. The Hall–Kier alpha value is -1.83. The smallest absolute Gasteiger partial charge is 0.303 e. The van der Waals surface area contributed by atoms with Crippen LogP contribution in [0.5, 0.6) is 0 Å². The second-order valence-electron chi connectivity index (χ2n) is 8.08. The van der Waals surface area contributed by atoms with Gasteiger partial charge in [0, 0.05) is 28.3 Å². The van der Waals surface area contributed by atoms with Crippen molar-refractivity contribution in [3.63, 3.8) is 0 Å². The number of hydrogen-bond acceptors (Lipinski definition) is 4. The van der Waals surface area contributed by atoms with Gasteiger partial charge in [-0.05, 0) is 55.5 Å². The summed E-state index contributed by atoms with van der Waals surface area (Å²) in [5.74, 6) is -5.36. The largest absolute Gasteiger partial charge is 0.481 e. The van der Waals surface area contributed by atoms with E-state index in [0.717, 1.165) is 15.0 Å². The van der Waals surface area contributed by atoms with Crippen molar-refractivity contribution in [2.45, 2.75) is 63.1 Å². The molecule has 1 aliphatic rings. The Bertz CT molecular complexity index is 846. The number of aliphatic hydroxyl groups excluding tert-OH is 2. The highest BCUT2D eigenvalue weighted by atomic mass is 32.1. The number of carbonyl (C=O) groups is 1. The Morgan fingerprint density at radius 1 is 1.30 bits per heavy atom. The highest BCUT2D eigenvalue weighted by molar-refractivity contribution is 7.19. The number of rotatable bonds is 10. The molecular weight excluding hydrogens is 410 g/mol. The number of hydrogen-bond donors (Lipinski definition) is 3. The van der Waals surface area contributed by atoms with Gasteiger partial charge in [0.1, 0.15) is 0 Å². The number of aliphatic carboxylic acids is 1. The molecule has 4 atom stereocenters. The Morgan fingerprint density at radius 3 is 2.80 bits per heavy atom. The van der Waals surface area contributed by atoms with Crippen LogP contribution < -0.4 is 0 Å². The molecule has 7 heteroatoms. The summed E-state index contributed by atoms with van der Waals surface area (Å²) in [4.78, 5) is 11.3. The maximum Gasteiger partial charge on any atom is 0.303 e. The van der Waals surface area contributed by atoms with Crippen molar-refractivity contribution in [3.05, 3.63) is 47.4 Å². The first-order chi connectivity index (χ1) is 14.3. The van der Waals surface area contributed by atoms with Gasteiger partial charge in [-0.1, -0.05) is 30.4 Å². The van der Waals surface area contributed by atoms with Crippen LogP contribution in [-0.4, -0.2) is 33.3 Å². The lowest BCUT2D eigenvalue weighted by Gasteiger charge is -2.25. The van der Waals surface area contributed by atoms with E-state index in [1.807, 2.05) is 30.3 Å². The van der Waals surface area contributed by atoms with Gasteiger partial charge in [0.15, 0.2) is 0 Å². The number of unbranched alkanes of at least 4 members (excludes halogenated alkanes) is 1. The van der Waals surface area contributed by atoms with Crippen LogP contribution in [0.15, 0.2) is 42.5 Å². The summed E-state index contributed by atoms with van der Waals surface area (Å²) in [6.45, 7) is 0. The van der Waals surface area contributed by atoms with Crippen molar-refractivity contribution in [3.8, 4) is 0 Å². The highest BCUT2D eigenvalue weighted by Crippen LogP contribution is 2.49. The van der Waals surface area contributed by atoms with E-state index < -0.39 is 42.4 Å². The number of alkyl halides is 2. The average Bonchev–Trinajstić information content (AvgIpc) is 3.20. The van der Waals surface area contributed by atoms with Crippen LogP contribution in [0.3, 0.4) is 0 Å². The third-order valence-corrected chi connectivity index (χ3v) is 7.11. The molecule has 0 radical (unpaired) electrons. The molecule has 3 N–H and O–H groups in total. The number of carboxylic acids is 1. The van der Waals surface area contributed by atoms with Crippen LogP contribution in [0, 0.1) is 11.8 Å². The average molecular weight is 439 g/mol. The molecule has 0 aliphatic heterocycles. The fourth-order valence-electron chi connectivity index (χ4n) is 4.30. The fraction of sp³-hybridized carbons (Fsp3) is 0.522. The Labute approximate surface area is 178 Å². The molecule has 0 unspecified atom stereocenters. The van der Waals surface area contributed by atoms with Crippen LogP contribution in [0.2, 0.25) is 0 Å². The predicted octanol–water partition coefficient (Wildman–Crippen LogP) is 5.55. The summed E-state index contributed by atoms with van der Waals surface area (Å²) in [7, 11) is 0. The SMILES string of the molecule is O=C(O)CCC/C=C\C[C@@H]1[C@@H](CC[C@@H](O)c2cc3ccccc3s2)C(F)(F)C[C@@H]1O. The molecule has 1 aliphatic carbocycles. The molecule has 30 heavy (non-hydrogen) atoms. The van der Waals surface area contributed by atoms with Gasteiger partial charge in [0.05, 0.1) is 12.2 Å². The summed E-state index contributed by atoms with van der Waals surface area (Å²) >= 11 is 1.47. The van der Waals surface area contributed by atoms with Crippen LogP contribution >= 0.6 is 11.3 Å². The van der Waals surface area contributed by atoms with Gasteiger partial charge in [-0.3, -0.25) is 4.79 Å². The van der Waals surface area contributed by atoms with Gasteiger partial charge < -0.3 is 15.3 Å². The summed E-state index contributed by atoms with van der Waals surface area (Å²) in [5, 5.41) is 30.4.